The molecule has 0 spiro atoms. The summed E-state index contributed by atoms with van der Waals surface area (Å²) in [6.45, 7) is 0. The minimum atomic E-state index is -0.430. The minimum Gasteiger partial charge on any atom is -0.258 e. The molecule has 0 N–H and O–H groups in total. The summed E-state index contributed by atoms with van der Waals surface area (Å²) in [4.78, 5) is 14.0. The summed E-state index contributed by atoms with van der Waals surface area (Å²) in [5, 5.41) is 13.0. The summed E-state index contributed by atoms with van der Waals surface area (Å²) >= 11 is 20.8. The van der Waals surface area contributed by atoms with Crippen molar-refractivity contribution in [3.05, 3.63) is 85.8 Å². The Morgan fingerprint density at radius 1 is 0.731 bits per heavy atom. The van der Waals surface area contributed by atoms with Crippen molar-refractivity contribution in [2.45, 2.75) is 19.6 Å². The molecule has 0 saturated heterocycles. The van der Waals surface area contributed by atoms with E-state index >= 15 is 0 Å². The third kappa shape index (κ3) is 4.87. The van der Waals surface area contributed by atoms with Crippen molar-refractivity contribution in [3.8, 4) is 0 Å². The Bertz CT molecular complexity index is 948. The van der Waals surface area contributed by atoms with Crippen molar-refractivity contribution in [2.75, 3.05) is 0 Å². The molecule has 0 unspecified atom stereocenters. The fraction of sp³-hybridized carbons (Fsp3) is 0. The van der Waals surface area contributed by atoms with Crippen LogP contribution >= 0.6 is 58.3 Å². The lowest BCUT2D eigenvalue weighted by Gasteiger charge is -2.09. The van der Waals surface area contributed by atoms with Crippen LogP contribution in [0.5, 0.6) is 0 Å². The second-order valence-electron chi connectivity index (χ2n) is 5.12. The molecule has 0 aliphatic carbocycles. The van der Waals surface area contributed by atoms with Crippen molar-refractivity contribution in [3.63, 3.8) is 0 Å². The molecular formula is C18H10Cl3NO2S2. The zero-order valence-electron chi connectivity index (χ0n) is 13.0. The van der Waals surface area contributed by atoms with Gasteiger partial charge in [0.2, 0.25) is 0 Å². The molecule has 3 nitrogen and oxygen atoms in total. The lowest BCUT2D eigenvalue weighted by atomic mass is 10.3. The van der Waals surface area contributed by atoms with Crippen molar-refractivity contribution < 1.29 is 4.92 Å². The number of nitro groups is 1. The van der Waals surface area contributed by atoms with E-state index < -0.39 is 4.92 Å². The first-order chi connectivity index (χ1) is 12.4. The average molecular weight is 443 g/mol. The number of nitro benzene ring substituents is 1. The van der Waals surface area contributed by atoms with E-state index in [0.717, 1.165) is 14.7 Å². The van der Waals surface area contributed by atoms with E-state index in [9.17, 15) is 10.1 Å². The zero-order valence-corrected chi connectivity index (χ0v) is 16.9. The van der Waals surface area contributed by atoms with E-state index in [1.165, 1.54) is 29.6 Å². The highest BCUT2D eigenvalue weighted by atomic mass is 35.5. The van der Waals surface area contributed by atoms with Crippen molar-refractivity contribution >= 4 is 64.0 Å². The molecule has 132 valence electrons. The van der Waals surface area contributed by atoms with Gasteiger partial charge >= 0.3 is 0 Å². The van der Waals surface area contributed by atoms with Gasteiger partial charge in [0.05, 0.1) is 14.8 Å². The van der Waals surface area contributed by atoms with Crippen LogP contribution in [0.25, 0.3) is 0 Å². The summed E-state index contributed by atoms with van der Waals surface area (Å²) in [6, 6.07) is 17.6. The standard InChI is InChI=1S/C18H10Cl3NO2S2/c19-11-1-5-13(6-2-11)25-17-10-18(16(22(23)24)9-15(17)21)26-14-7-3-12(20)4-8-14/h1-10H. The highest BCUT2D eigenvalue weighted by Gasteiger charge is 2.19. The van der Waals surface area contributed by atoms with Gasteiger partial charge in [0.25, 0.3) is 5.69 Å². The molecule has 0 bridgehead atoms. The zero-order chi connectivity index (χ0) is 18.7. The number of rotatable bonds is 5. The third-order valence-corrected chi connectivity index (χ3v) is 6.34. The summed E-state index contributed by atoms with van der Waals surface area (Å²) in [5.41, 5.74) is -0.0320. The van der Waals surface area contributed by atoms with Gasteiger partial charge in [0, 0.05) is 30.8 Å². The van der Waals surface area contributed by atoms with Gasteiger partial charge in [-0.3, -0.25) is 10.1 Å². The van der Waals surface area contributed by atoms with E-state index in [4.69, 9.17) is 34.8 Å². The Labute approximate surface area is 173 Å². The van der Waals surface area contributed by atoms with Gasteiger partial charge in [-0.1, -0.05) is 58.3 Å². The molecular weight excluding hydrogens is 433 g/mol. The summed E-state index contributed by atoms with van der Waals surface area (Å²) < 4.78 is 0. The van der Waals surface area contributed by atoms with Crippen LogP contribution < -0.4 is 0 Å². The van der Waals surface area contributed by atoms with Crippen LogP contribution in [0.4, 0.5) is 5.69 Å². The van der Waals surface area contributed by atoms with Gasteiger partial charge in [-0.05, 0) is 54.6 Å². The number of halogens is 3. The fourth-order valence-corrected chi connectivity index (χ4v) is 4.49. The van der Waals surface area contributed by atoms with Gasteiger partial charge < -0.3 is 0 Å². The quantitative estimate of drug-likeness (QED) is 0.298. The monoisotopic (exact) mass is 441 g/mol. The second kappa shape index (κ2) is 8.55. The SMILES string of the molecule is O=[N+]([O-])c1cc(Cl)c(Sc2ccc(Cl)cc2)cc1Sc1ccc(Cl)cc1. The molecule has 3 aromatic carbocycles. The molecule has 26 heavy (non-hydrogen) atoms. The largest absolute Gasteiger partial charge is 0.284 e. The van der Waals surface area contributed by atoms with E-state index in [1.54, 1.807) is 30.3 Å². The highest BCUT2D eigenvalue weighted by molar-refractivity contribution is 8.00. The molecule has 0 aliphatic heterocycles. The third-order valence-electron chi connectivity index (χ3n) is 3.29. The Balaban J connectivity index is 1.96. The summed E-state index contributed by atoms with van der Waals surface area (Å²) in [5.74, 6) is 0. The molecule has 0 amide bonds. The van der Waals surface area contributed by atoms with Crippen LogP contribution in [-0.2, 0) is 0 Å². The maximum atomic E-state index is 11.4. The molecule has 3 rings (SSSR count). The normalized spacial score (nSPS) is 10.7. The summed E-state index contributed by atoms with van der Waals surface area (Å²) in [6.07, 6.45) is 0. The van der Waals surface area contributed by atoms with Crippen LogP contribution in [0.3, 0.4) is 0 Å². The second-order valence-corrected chi connectivity index (χ2v) is 8.63. The molecule has 0 aliphatic rings. The van der Waals surface area contributed by atoms with Gasteiger partial charge in [-0.2, -0.15) is 0 Å². The molecule has 3 aromatic rings. The average Bonchev–Trinajstić information content (AvgIpc) is 2.61. The molecule has 0 heterocycles. The molecule has 8 heteroatoms. The molecule has 0 atom stereocenters. The van der Waals surface area contributed by atoms with Crippen LogP contribution in [0.15, 0.2) is 80.2 Å². The number of hydrogen-bond acceptors (Lipinski definition) is 4. The maximum Gasteiger partial charge on any atom is 0.284 e. The van der Waals surface area contributed by atoms with Crippen LogP contribution in [-0.4, -0.2) is 4.92 Å². The lowest BCUT2D eigenvalue weighted by Crippen LogP contribution is -1.92. The number of benzene rings is 3. The summed E-state index contributed by atoms with van der Waals surface area (Å²) in [7, 11) is 0. The Hall–Kier alpha value is -1.37. The Morgan fingerprint density at radius 3 is 1.65 bits per heavy atom. The van der Waals surface area contributed by atoms with Gasteiger partial charge in [0.1, 0.15) is 0 Å². The number of hydrogen-bond donors (Lipinski definition) is 0. The van der Waals surface area contributed by atoms with Crippen molar-refractivity contribution in [2.24, 2.45) is 0 Å². The first-order valence-electron chi connectivity index (χ1n) is 7.27. The van der Waals surface area contributed by atoms with Gasteiger partial charge in [-0.15, -0.1) is 0 Å². The fourth-order valence-electron chi connectivity index (χ4n) is 2.09. The predicted molar refractivity (Wildman–Crippen MR) is 109 cm³/mol. The van der Waals surface area contributed by atoms with Gasteiger partial charge in [-0.25, -0.2) is 0 Å². The Morgan fingerprint density at radius 2 is 1.19 bits per heavy atom. The highest BCUT2D eigenvalue weighted by Crippen LogP contribution is 2.43. The topological polar surface area (TPSA) is 43.1 Å². The van der Waals surface area contributed by atoms with Crippen LogP contribution in [0.2, 0.25) is 15.1 Å². The molecule has 0 radical (unpaired) electrons. The first kappa shape index (κ1) is 19.4. The van der Waals surface area contributed by atoms with Crippen molar-refractivity contribution in [1.82, 2.24) is 0 Å². The Kier molecular flexibility index (Phi) is 6.37. The van der Waals surface area contributed by atoms with E-state index in [-0.39, 0.29) is 5.69 Å². The predicted octanol–water partition coefficient (Wildman–Crippen LogP) is 7.86. The van der Waals surface area contributed by atoms with Crippen LogP contribution in [0.1, 0.15) is 0 Å². The van der Waals surface area contributed by atoms with E-state index in [0.29, 0.717) is 20.0 Å². The van der Waals surface area contributed by atoms with Crippen LogP contribution in [0, 0.1) is 10.1 Å². The van der Waals surface area contributed by atoms with Gasteiger partial charge in [0.15, 0.2) is 0 Å². The first-order valence-corrected chi connectivity index (χ1v) is 10.0. The lowest BCUT2D eigenvalue weighted by molar-refractivity contribution is -0.387. The molecule has 0 saturated carbocycles. The smallest absolute Gasteiger partial charge is 0.258 e. The maximum absolute atomic E-state index is 11.4. The van der Waals surface area contributed by atoms with Crippen molar-refractivity contribution in [1.29, 1.82) is 0 Å². The minimum absolute atomic E-state index is 0.0320. The van der Waals surface area contributed by atoms with E-state index in [1.807, 2.05) is 24.3 Å². The number of nitrogens with zero attached hydrogens (tertiary/aromatic N) is 1. The van der Waals surface area contributed by atoms with E-state index in [2.05, 4.69) is 0 Å². The molecule has 0 fully saturated rings. The molecule has 0 aromatic heterocycles.